The molecule has 28 heavy (non-hydrogen) atoms. The van der Waals surface area contributed by atoms with Gasteiger partial charge in [0.05, 0.1) is 12.2 Å². The molecule has 0 N–H and O–H groups in total. The third kappa shape index (κ3) is 5.03. The van der Waals surface area contributed by atoms with Gasteiger partial charge in [0.25, 0.3) is 0 Å². The number of esters is 1. The van der Waals surface area contributed by atoms with E-state index in [0.29, 0.717) is 17.2 Å². The van der Waals surface area contributed by atoms with E-state index in [-0.39, 0.29) is 24.7 Å². The normalized spacial score (nSPS) is 11.3. The largest absolute Gasteiger partial charge is 0.489 e. The maximum Gasteiger partial charge on any atom is 0.331 e. The van der Waals surface area contributed by atoms with Gasteiger partial charge in [-0.3, -0.25) is 0 Å². The zero-order valence-electron chi connectivity index (χ0n) is 15.5. The number of carbonyl (C=O) groups is 1. The molecule has 3 aromatic rings. The average molecular weight is 382 g/mol. The molecule has 6 nitrogen and oxygen atoms in total. The van der Waals surface area contributed by atoms with Crippen LogP contribution < -0.4 is 4.74 Å². The summed E-state index contributed by atoms with van der Waals surface area (Å²) in [6, 6.07) is 13.7. The van der Waals surface area contributed by atoms with E-state index >= 15 is 0 Å². The Labute approximate surface area is 161 Å². The van der Waals surface area contributed by atoms with Gasteiger partial charge in [-0.2, -0.15) is 0 Å². The highest BCUT2D eigenvalue weighted by molar-refractivity contribution is 5.94. The van der Waals surface area contributed by atoms with E-state index in [9.17, 15) is 9.18 Å². The predicted molar refractivity (Wildman–Crippen MR) is 99.9 cm³/mol. The number of benzene rings is 2. The number of halogens is 1. The van der Waals surface area contributed by atoms with Crippen molar-refractivity contribution < 1.29 is 23.1 Å². The number of hydrogen-bond acceptors (Lipinski definition) is 6. The number of aromatic nitrogens is 2. The molecule has 0 aliphatic rings. The van der Waals surface area contributed by atoms with E-state index in [4.69, 9.17) is 13.9 Å². The fourth-order valence-electron chi connectivity index (χ4n) is 2.52. The first-order valence-electron chi connectivity index (χ1n) is 8.71. The molecule has 0 unspecified atom stereocenters. The summed E-state index contributed by atoms with van der Waals surface area (Å²) in [5, 5.41) is 7.71. The molecule has 0 atom stereocenters. The van der Waals surface area contributed by atoms with Crippen LogP contribution in [0.15, 0.2) is 59.0 Å². The highest BCUT2D eigenvalue weighted by atomic mass is 19.1. The smallest absolute Gasteiger partial charge is 0.331 e. The number of hydrogen-bond donors (Lipinski definition) is 0. The van der Waals surface area contributed by atoms with Crippen LogP contribution in [0.3, 0.4) is 0 Å². The Morgan fingerprint density at radius 2 is 1.96 bits per heavy atom. The molecule has 0 spiro atoms. The van der Waals surface area contributed by atoms with Gasteiger partial charge in [-0.1, -0.05) is 30.3 Å². The summed E-state index contributed by atoms with van der Waals surface area (Å²) in [5.41, 5.74) is 1.56. The van der Waals surface area contributed by atoms with Gasteiger partial charge in [-0.25, -0.2) is 9.18 Å². The number of rotatable bonds is 7. The van der Waals surface area contributed by atoms with Crippen LogP contribution in [0.1, 0.15) is 29.8 Å². The van der Waals surface area contributed by atoms with Crippen LogP contribution >= 0.6 is 0 Å². The second-order valence-electron chi connectivity index (χ2n) is 5.89. The molecule has 2 aromatic carbocycles. The Kier molecular flexibility index (Phi) is 6.16. The Balaban J connectivity index is 1.93. The number of nitrogens with zero attached hydrogens (tertiary/aromatic N) is 2. The Morgan fingerprint density at radius 3 is 2.64 bits per heavy atom. The molecule has 0 saturated heterocycles. The first kappa shape index (κ1) is 19.3. The zero-order valence-corrected chi connectivity index (χ0v) is 15.5. The van der Waals surface area contributed by atoms with Gasteiger partial charge in [0, 0.05) is 19.1 Å². The molecule has 7 heteroatoms. The first-order chi connectivity index (χ1) is 13.5. The van der Waals surface area contributed by atoms with Gasteiger partial charge in [0.15, 0.2) is 0 Å². The third-order valence-corrected chi connectivity index (χ3v) is 3.74. The minimum Gasteiger partial charge on any atom is -0.489 e. The van der Waals surface area contributed by atoms with E-state index in [1.165, 1.54) is 18.2 Å². The summed E-state index contributed by atoms with van der Waals surface area (Å²) >= 11 is 0. The van der Waals surface area contributed by atoms with Crippen LogP contribution in [-0.2, 0) is 16.1 Å². The van der Waals surface area contributed by atoms with Crippen molar-refractivity contribution >= 4 is 11.5 Å². The van der Waals surface area contributed by atoms with E-state index in [1.54, 1.807) is 19.9 Å². The highest BCUT2D eigenvalue weighted by Gasteiger charge is 2.17. The molecule has 0 amide bonds. The topological polar surface area (TPSA) is 74.5 Å². The summed E-state index contributed by atoms with van der Waals surface area (Å²) in [4.78, 5) is 12.0. The van der Waals surface area contributed by atoms with Crippen molar-refractivity contribution in [2.24, 2.45) is 0 Å². The quantitative estimate of drug-likeness (QED) is 0.453. The standard InChI is InChI=1S/C21H19FN2O4/c1-3-26-20(25)12-19(21-24-23-14(2)28-21)16-9-17(22)11-18(10-16)27-13-15-7-5-4-6-8-15/h4-12H,3,13H2,1-2H3. The minimum atomic E-state index is -0.593. The number of aryl methyl sites for hydroxylation is 1. The first-order valence-corrected chi connectivity index (χ1v) is 8.71. The van der Waals surface area contributed by atoms with Crippen LogP contribution in [0, 0.1) is 12.7 Å². The van der Waals surface area contributed by atoms with Crippen molar-refractivity contribution in [3.05, 3.63) is 83.3 Å². The van der Waals surface area contributed by atoms with Crippen LogP contribution in [-0.4, -0.2) is 22.8 Å². The molecule has 0 saturated carbocycles. The van der Waals surface area contributed by atoms with Crippen molar-refractivity contribution in [2.45, 2.75) is 20.5 Å². The number of carbonyl (C=O) groups excluding carboxylic acids is 1. The molecule has 144 valence electrons. The maximum absolute atomic E-state index is 14.2. The van der Waals surface area contributed by atoms with Gasteiger partial charge < -0.3 is 13.9 Å². The van der Waals surface area contributed by atoms with Crippen molar-refractivity contribution in [1.82, 2.24) is 10.2 Å². The fraction of sp³-hybridized carbons (Fsp3) is 0.190. The van der Waals surface area contributed by atoms with Crippen molar-refractivity contribution in [3.63, 3.8) is 0 Å². The third-order valence-electron chi connectivity index (χ3n) is 3.74. The molecule has 1 aromatic heterocycles. The lowest BCUT2D eigenvalue weighted by Crippen LogP contribution is -2.03. The Bertz CT molecular complexity index is 983. The monoisotopic (exact) mass is 382 g/mol. The summed E-state index contributed by atoms with van der Waals surface area (Å²) in [5.74, 6) is -0.396. The predicted octanol–water partition coefficient (Wildman–Crippen LogP) is 4.09. The van der Waals surface area contributed by atoms with Crippen LogP contribution in [0.5, 0.6) is 5.75 Å². The molecule has 0 bridgehead atoms. The minimum absolute atomic E-state index is 0.0881. The summed E-state index contributed by atoms with van der Waals surface area (Å²) in [6.07, 6.45) is 1.20. The lowest BCUT2D eigenvalue weighted by atomic mass is 10.0. The van der Waals surface area contributed by atoms with Crippen LogP contribution in [0.4, 0.5) is 4.39 Å². The zero-order chi connectivity index (χ0) is 19.9. The van der Waals surface area contributed by atoms with Gasteiger partial charge in [0.1, 0.15) is 18.2 Å². The average Bonchev–Trinajstić information content (AvgIpc) is 3.11. The molecule has 0 aliphatic carbocycles. The van der Waals surface area contributed by atoms with Gasteiger partial charge in [0.2, 0.25) is 11.8 Å². The molecular formula is C21H19FN2O4. The second-order valence-corrected chi connectivity index (χ2v) is 5.89. The lowest BCUT2D eigenvalue weighted by Gasteiger charge is -2.10. The lowest BCUT2D eigenvalue weighted by molar-refractivity contribution is -0.137. The summed E-state index contributed by atoms with van der Waals surface area (Å²) in [6.45, 7) is 3.80. The highest BCUT2D eigenvalue weighted by Crippen LogP contribution is 2.27. The van der Waals surface area contributed by atoms with E-state index in [1.807, 2.05) is 30.3 Å². The van der Waals surface area contributed by atoms with Gasteiger partial charge in [-0.05, 0) is 30.2 Å². The summed E-state index contributed by atoms with van der Waals surface area (Å²) in [7, 11) is 0. The van der Waals surface area contributed by atoms with Gasteiger partial charge in [-0.15, -0.1) is 10.2 Å². The maximum atomic E-state index is 14.2. The van der Waals surface area contributed by atoms with Crippen molar-refractivity contribution in [1.29, 1.82) is 0 Å². The van der Waals surface area contributed by atoms with Crippen LogP contribution in [0.25, 0.3) is 5.57 Å². The Hall–Kier alpha value is -3.48. The molecule has 3 rings (SSSR count). The van der Waals surface area contributed by atoms with Crippen molar-refractivity contribution in [2.75, 3.05) is 6.61 Å². The molecule has 1 heterocycles. The van der Waals surface area contributed by atoms with E-state index < -0.39 is 11.8 Å². The van der Waals surface area contributed by atoms with E-state index in [2.05, 4.69) is 10.2 Å². The molecular weight excluding hydrogens is 363 g/mol. The van der Waals surface area contributed by atoms with Crippen LogP contribution in [0.2, 0.25) is 0 Å². The number of ether oxygens (including phenoxy) is 2. The molecule has 0 fully saturated rings. The summed E-state index contributed by atoms with van der Waals surface area (Å²) < 4.78 is 30.3. The fourth-order valence-corrected chi connectivity index (χ4v) is 2.52. The molecule has 0 aliphatic heterocycles. The van der Waals surface area contributed by atoms with Gasteiger partial charge >= 0.3 is 5.97 Å². The van der Waals surface area contributed by atoms with Crippen molar-refractivity contribution in [3.8, 4) is 5.75 Å². The molecule has 0 radical (unpaired) electrons. The second kappa shape index (κ2) is 8.94. The van der Waals surface area contributed by atoms with E-state index in [0.717, 1.165) is 5.56 Å². The Morgan fingerprint density at radius 1 is 1.18 bits per heavy atom. The SMILES string of the molecule is CCOC(=O)C=C(c1cc(F)cc(OCc2ccccc2)c1)c1nnc(C)o1.